The third-order valence-electron chi connectivity index (χ3n) is 7.04. The van der Waals surface area contributed by atoms with Gasteiger partial charge < -0.3 is 4.98 Å². The summed E-state index contributed by atoms with van der Waals surface area (Å²) in [7, 11) is 0. The van der Waals surface area contributed by atoms with Gasteiger partial charge in [0.1, 0.15) is 5.82 Å². The lowest BCUT2D eigenvalue weighted by molar-refractivity contribution is 0.161. The molecule has 194 valence electrons. The summed E-state index contributed by atoms with van der Waals surface area (Å²) in [5.74, 6) is 0.398. The maximum absolute atomic E-state index is 13.4. The number of benzene rings is 2. The Bertz CT molecular complexity index is 1600. The van der Waals surface area contributed by atoms with E-state index in [-0.39, 0.29) is 17.4 Å². The molecule has 38 heavy (non-hydrogen) atoms. The summed E-state index contributed by atoms with van der Waals surface area (Å²) < 4.78 is 15.2. The predicted molar refractivity (Wildman–Crippen MR) is 144 cm³/mol. The molecule has 0 unspecified atom stereocenters. The number of rotatable bonds is 9. The van der Waals surface area contributed by atoms with Crippen LogP contribution in [0.15, 0.2) is 71.8 Å². The van der Waals surface area contributed by atoms with Gasteiger partial charge in [0.05, 0.1) is 18.1 Å². The Kier molecular flexibility index (Phi) is 7.37. The van der Waals surface area contributed by atoms with Gasteiger partial charge in [0, 0.05) is 31.0 Å². The molecule has 5 aromatic rings. The largest absolute Gasteiger partial charge is 0.321 e. The van der Waals surface area contributed by atoms with E-state index in [9.17, 15) is 9.18 Å². The highest BCUT2D eigenvalue weighted by Gasteiger charge is 2.26. The molecular formula is C29H30FN7O. The van der Waals surface area contributed by atoms with Crippen molar-refractivity contribution in [2.45, 2.75) is 52.9 Å². The number of tetrazole rings is 1. The highest BCUT2D eigenvalue weighted by atomic mass is 19.1. The van der Waals surface area contributed by atoms with Crippen LogP contribution < -0.4 is 5.56 Å². The number of H-pyrrole nitrogens is 1. The van der Waals surface area contributed by atoms with Crippen LogP contribution in [0.5, 0.6) is 0 Å². The van der Waals surface area contributed by atoms with Gasteiger partial charge in [-0.05, 0) is 82.6 Å². The molecule has 0 fully saturated rings. The average molecular weight is 512 g/mol. The summed E-state index contributed by atoms with van der Waals surface area (Å²) >= 11 is 0. The first-order valence-electron chi connectivity index (χ1n) is 12.7. The molecule has 8 nitrogen and oxygen atoms in total. The Balaban J connectivity index is 1.52. The van der Waals surface area contributed by atoms with E-state index in [1.165, 1.54) is 12.1 Å². The molecule has 0 saturated heterocycles. The molecule has 0 radical (unpaired) electrons. The second-order valence-electron chi connectivity index (χ2n) is 9.61. The van der Waals surface area contributed by atoms with Gasteiger partial charge in [-0.1, -0.05) is 37.3 Å². The van der Waals surface area contributed by atoms with Crippen molar-refractivity contribution < 1.29 is 4.39 Å². The third-order valence-corrected chi connectivity index (χ3v) is 7.04. The fourth-order valence-corrected chi connectivity index (χ4v) is 4.84. The summed E-state index contributed by atoms with van der Waals surface area (Å²) in [6.45, 7) is 7.51. The molecule has 0 aliphatic rings. The minimum Gasteiger partial charge on any atom is -0.321 e. The van der Waals surface area contributed by atoms with Crippen molar-refractivity contribution in [3.05, 3.63) is 117 Å². The van der Waals surface area contributed by atoms with E-state index >= 15 is 0 Å². The number of hydrogen-bond donors (Lipinski definition) is 1. The van der Waals surface area contributed by atoms with E-state index in [4.69, 9.17) is 0 Å². The first-order valence-corrected chi connectivity index (χ1v) is 12.7. The van der Waals surface area contributed by atoms with Crippen LogP contribution in [0.3, 0.4) is 0 Å². The lowest BCUT2D eigenvalue weighted by atomic mass is 10.0. The number of fused-ring (bicyclic) bond motifs is 1. The minimum atomic E-state index is -0.286. The Morgan fingerprint density at radius 2 is 1.87 bits per heavy atom. The van der Waals surface area contributed by atoms with Gasteiger partial charge >= 0.3 is 0 Å². The number of nitrogens with zero attached hydrogens (tertiary/aromatic N) is 6. The standard InChI is InChI=1S/C29H30FN7O/c1-4-26(28-33-34-35-37(28)17-21-8-11-25(30)12-9-21)36(16-22-6-5-13-31-15-22)18-24-14-23-10-7-19(2)20(3)27(23)32-29(24)38/h5-15,26H,4,16-18H2,1-3H3,(H,32,38)/t26-/m1/s1. The lowest BCUT2D eigenvalue weighted by Crippen LogP contribution is -2.32. The van der Waals surface area contributed by atoms with E-state index < -0.39 is 0 Å². The molecular weight excluding hydrogens is 481 g/mol. The number of nitrogens with one attached hydrogen (secondary N) is 1. The van der Waals surface area contributed by atoms with Crippen LogP contribution in [0.1, 0.15) is 53.0 Å². The fraction of sp³-hybridized carbons (Fsp3) is 0.276. The smallest absolute Gasteiger partial charge is 0.252 e. The van der Waals surface area contributed by atoms with Crippen molar-refractivity contribution in [3.8, 4) is 0 Å². The lowest BCUT2D eigenvalue weighted by Gasteiger charge is -2.30. The van der Waals surface area contributed by atoms with Gasteiger partial charge in [-0.15, -0.1) is 5.10 Å². The summed E-state index contributed by atoms with van der Waals surface area (Å²) in [6, 6.07) is 16.2. The fourth-order valence-electron chi connectivity index (χ4n) is 4.84. The van der Waals surface area contributed by atoms with Gasteiger partial charge in [0.25, 0.3) is 5.56 Å². The number of pyridine rings is 2. The highest BCUT2D eigenvalue weighted by molar-refractivity contribution is 5.83. The molecule has 3 aromatic heterocycles. The summed E-state index contributed by atoms with van der Waals surface area (Å²) in [5, 5.41) is 13.6. The van der Waals surface area contributed by atoms with E-state index in [1.54, 1.807) is 23.0 Å². The van der Waals surface area contributed by atoms with Crippen molar-refractivity contribution in [3.63, 3.8) is 0 Å². The van der Waals surface area contributed by atoms with Gasteiger partial charge in [0.2, 0.25) is 0 Å². The number of hydrogen-bond acceptors (Lipinski definition) is 6. The van der Waals surface area contributed by atoms with Gasteiger partial charge in [-0.2, -0.15) is 0 Å². The summed E-state index contributed by atoms with van der Waals surface area (Å²) in [4.78, 5) is 22.8. The van der Waals surface area contributed by atoms with Crippen molar-refractivity contribution in [1.82, 2.24) is 35.1 Å². The Labute approximate surface area is 220 Å². The molecule has 1 N–H and O–H groups in total. The van der Waals surface area contributed by atoms with Crippen LogP contribution in [0.4, 0.5) is 4.39 Å². The first-order chi connectivity index (χ1) is 18.4. The Morgan fingerprint density at radius 1 is 1.05 bits per heavy atom. The minimum absolute atomic E-state index is 0.108. The van der Waals surface area contributed by atoms with Gasteiger partial charge in [-0.3, -0.25) is 14.7 Å². The molecule has 0 amide bonds. The molecule has 2 aromatic carbocycles. The molecule has 0 aliphatic heterocycles. The zero-order valence-corrected chi connectivity index (χ0v) is 21.7. The maximum Gasteiger partial charge on any atom is 0.252 e. The van der Waals surface area contributed by atoms with Crippen LogP contribution in [-0.4, -0.2) is 35.1 Å². The SMILES string of the molecule is CC[C@H](c1nnnn1Cc1ccc(F)cc1)N(Cc1cccnc1)Cc1cc2ccc(C)c(C)c2[nH]c1=O. The number of aromatic amines is 1. The summed E-state index contributed by atoms with van der Waals surface area (Å²) in [5.41, 5.74) is 5.55. The van der Waals surface area contributed by atoms with Crippen LogP contribution >= 0.6 is 0 Å². The summed E-state index contributed by atoms with van der Waals surface area (Å²) in [6.07, 6.45) is 4.29. The van der Waals surface area contributed by atoms with Crippen LogP contribution in [0, 0.1) is 19.7 Å². The molecule has 0 spiro atoms. The van der Waals surface area contributed by atoms with E-state index in [1.807, 2.05) is 44.3 Å². The van der Waals surface area contributed by atoms with Crippen molar-refractivity contribution >= 4 is 10.9 Å². The van der Waals surface area contributed by atoms with Gasteiger partial charge in [0.15, 0.2) is 5.82 Å². The zero-order chi connectivity index (χ0) is 26.6. The van der Waals surface area contributed by atoms with Crippen molar-refractivity contribution in [2.24, 2.45) is 0 Å². The molecule has 0 saturated carbocycles. The normalized spacial score (nSPS) is 12.3. The first kappa shape index (κ1) is 25.4. The van der Waals surface area contributed by atoms with E-state index in [2.05, 4.69) is 43.4 Å². The molecule has 1 atom stereocenters. The monoisotopic (exact) mass is 511 g/mol. The van der Waals surface area contributed by atoms with Crippen LogP contribution in [0.25, 0.3) is 10.9 Å². The van der Waals surface area contributed by atoms with Crippen LogP contribution in [-0.2, 0) is 19.6 Å². The van der Waals surface area contributed by atoms with Crippen LogP contribution in [0.2, 0.25) is 0 Å². The number of halogens is 1. The highest BCUT2D eigenvalue weighted by Crippen LogP contribution is 2.27. The Hall–Kier alpha value is -4.24. The third kappa shape index (κ3) is 5.38. The second kappa shape index (κ2) is 11.0. The van der Waals surface area contributed by atoms with E-state index in [0.717, 1.165) is 33.2 Å². The second-order valence-corrected chi connectivity index (χ2v) is 9.61. The average Bonchev–Trinajstić information content (AvgIpc) is 3.37. The predicted octanol–water partition coefficient (Wildman–Crippen LogP) is 4.87. The van der Waals surface area contributed by atoms with Crippen molar-refractivity contribution in [2.75, 3.05) is 0 Å². The topological polar surface area (TPSA) is 92.6 Å². The van der Waals surface area contributed by atoms with E-state index in [0.29, 0.717) is 37.4 Å². The van der Waals surface area contributed by atoms with Crippen molar-refractivity contribution in [1.29, 1.82) is 0 Å². The molecule has 0 bridgehead atoms. The molecule has 9 heteroatoms. The maximum atomic E-state index is 13.4. The molecule has 5 rings (SSSR count). The quantitative estimate of drug-likeness (QED) is 0.304. The molecule has 0 aliphatic carbocycles. The number of aryl methyl sites for hydroxylation is 2. The van der Waals surface area contributed by atoms with Gasteiger partial charge in [-0.25, -0.2) is 9.07 Å². The Morgan fingerprint density at radius 3 is 2.61 bits per heavy atom. The number of aromatic nitrogens is 6. The zero-order valence-electron chi connectivity index (χ0n) is 21.7. The molecule has 3 heterocycles.